The Balaban J connectivity index is 0. The highest BCUT2D eigenvalue weighted by Gasteiger charge is 2.27. The number of nitrogens with one attached hydrogen (secondary N) is 1. The zero-order chi connectivity index (χ0) is 16.1. The highest BCUT2D eigenvalue weighted by molar-refractivity contribution is 5.78. The first-order chi connectivity index (χ1) is 9.50. The third-order valence-electron chi connectivity index (χ3n) is 3.78. The minimum atomic E-state index is -0.945. The van der Waals surface area contributed by atoms with Gasteiger partial charge in [-0.15, -0.1) is 0 Å². The van der Waals surface area contributed by atoms with E-state index in [4.69, 9.17) is 5.11 Å². The van der Waals surface area contributed by atoms with Crippen molar-refractivity contribution in [3.05, 3.63) is 0 Å². The molecule has 2 N–H and O–H groups in total. The van der Waals surface area contributed by atoms with Crippen molar-refractivity contribution in [2.75, 3.05) is 6.54 Å². The van der Waals surface area contributed by atoms with Gasteiger partial charge in [0.15, 0.2) is 0 Å². The summed E-state index contributed by atoms with van der Waals surface area (Å²) in [5, 5.41) is 10.9. The van der Waals surface area contributed by atoms with E-state index in [-0.39, 0.29) is 11.7 Å². The Morgan fingerprint density at radius 1 is 1.10 bits per heavy atom. The lowest BCUT2D eigenvalue weighted by atomic mass is 9.75. The van der Waals surface area contributed by atoms with Gasteiger partial charge in [-0.2, -0.15) is 0 Å². The first-order valence-electron chi connectivity index (χ1n) is 7.98. The molecule has 0 radical (unpaired) electrons. The van der Waals surface area contributed by atoms with E-state index < -0.39 is 6.09 Å². The number of amides is 1. The molecule has 0 aromatic carbocycles. The van der Waals surface area contributed by atoms with Gasteiger partial charge in [0.05, 0.1) is 0 Å². The van der Waals surface area contributed by atoms with Gasteiger partial charge >= 0.3 is 6.09 Å². The Labute approximate surface area is 124 Å². The summed E-state index contributed by atoms with van der Waals surface area (Å²) < 4.78 is 0. The Morgan fingerprint density at radius 2 is 1.55 bits per heavy atom. The third-order valence-corrected chi connectivity index (χ3v) is 3.78. The topological polar surface area (TPSA) is 66.4 Å². The normalized spacial score (nSPS) is 22.3. The Kier molecular flexibility index (Phi) is 13.8. The summed E-state index contributed by atoms with van der Waals surface area (Å²) in [7, 11) is 0. The fourth-order valence-corrected chi connectivity index (χ4v) is 2.46. The molecule has 120 valence electrons. The summed E-state index contributed by atoms with van der Waals surface area (Å²) in [5.74, 6) is 1.38. The van der Waals surface area contributed by atoms with Crippen LogP contribution in [0.3, 0.4) is 0 Å². The number of ketones is 1. The molecule has 0 saturated heterocycles. The average Bonchev–Trinajstić information content (AvgIpc) is 2.49. The fraction of sp³-hybridized carbons (Fsp3) is 0.875. The van der Waals surface area contributed by atoms with E-state index in [2.05, 4.69) is 5.32 Å². The minimum absolute atomic E-state index is 0.161. The van der Waals surface area contributed by atoms with Crippen LogP contribution in [0.25, 0.3) is 0 Å². The van der Waals surface area contributed by atoms with E-state index in [9.17, 15) is 9.59 Å². The van der Waals surface area contributed by atoms with Crippen LogP contribution in [0.4, 0.5) is 4.79 Å². The minimum Gasteiger partial charge on any atom is -0.465 e. The molecule has 4 nitrogen and oxygen atoms in total. The average molecular weight is 287 g/mol. The molecule has 0 spiro atoms. The molecule has 1 aliphatic rings. The van der Waals surface area contributed by atoms with Crippen LogP contribution in [0.1, 0.15) is 67.2 Å². The van der Waals surface area contributed by atoms with Crippen LogP contribution in [-0.4, -0.2) is 23.5 Å². The van der Waals surface area contributed by atoms with Crippen molar-refractivity contribution in [3.63, 3.8) is 0 Å². The van der Waals surface area contributed by atoms with Gasteiger partial charge < -0.3 is 10.4 Å². The lowest BCUT2D eigenvalue weighted by Gasteiger charge is -2.31. The maximum Gasteiger partial charge on any atom is 0.404 e. The summed E-state index contributed by atoms with van der Waals surface area (Å²) in [6, 6.07) is 0. The first-order valence-corrected chi connectivity index (χ1v) is 7.98. The number of rotatable bonds is 4. The van der Waals surface area contributed by atoms with Gasteiger partial charge in [0.1, 0.15) is 5.78 Å². The van der Waals surface area contributed by atoms with Crippen LogP contribution in [0.5, 0.6) is 0 Å². The highest BCUT2D eigenvalue weighted by atomic mass is 16.4. The van der Waals surface area contributed by atoms with Crippen molar-refractivity contribution < 1.29 is 14.7 Å². The van der Waals surface area contributed by atoms with E-state index in [1.54, 1.807) is 6.92 Å². The van der Waals surface area contributed by atoms with Gasteiger partial charge in [-0.05, 0) is 44.4 Å². The maximum atomic E-state index is 11.2. The molecule has 1 amide bonds. The molecule has 1 fully saturated rings. The Hall–Kier alpha value is -1.06. The summed E-state index contributed by atoms with van der Waals surface area (Å²) in [5.41, 5.74) is 0. The maximum absolute atomic E-state index is 11.2. The third kappa shape index (κ3) is 8.94. The zero-order valence-corrected chi connectivity index (χ0v) is 14.0. The summed E-state index contributed by atoms with van der Waals surface area (Å²) in [6.07, 6.45) is 3.21. The smallest absolute Gasteiger partial charge is 0.404 e. The Morgan fingerprint density at radius 3 is 1.90 bits per heavy atom. The highest BCUT2D eigenvalue weighted by Crippen LogP contribution is 2.33. The number of carbonyl (C=O) groups is 2. The van der Waals surface area contributed by atoms with Crippen LogP contribution in [0.15, 0.2) is 0 Å². The molecule has 0 aliphatic heterocycles. The molecule has 0 aromatic rings. The van der Waals surface area contributed by atoms with Crippen molar-refractivity contribution >= 4 is 11.9 Å². The first kappa shape index (κ1) is 21.2. The predicted octanol–water partition coefficient (Wildman–Crippen LogP) is 4.34. The molecule has 1 rings (SSSR count). The molecular weight excluding hydrogens is 254 g/mol. The van der Waals surface area contributed by atoms with Gasteiger partial charge in [0, 0.05) is 12.5 Å². The molecule has 1 aliphatic carbocycles. The van der Waals surface area contributed by atoms with Gasteiger partial charge in [-0.3, -0.25) is 4.79 Å². The van der Waals surface area contributed by atoms with E-state index in [0.29, 0.717) is 18.4 Å². The van der Waals surface area contributed by atoms with Crippen molar-refractivity contribution in [1.82, 2.24) is 5.32 Å². The van der Waals surface area contributed by atoms with E-state index >= 15 is 0 Å². The second-order valence-corrected chi connectivity index (χ2v) is 4.87. The molecule has 1 saturated carbocycles. The van der Waals surface area contributed by atoms with Crippen LogP contribution in [0, 0.1) is 17.8 Å². The molecule has 1 atom stereocenters. The molecule has 20 heavy (non-hydrogen) atoms. The van der Waals surface area contributed by atoms with E-state index in [1.165, 1.54) is 0 Å². The number of hydrogen-bond acceptors (Lipinski definition) is 2. The summed E-state index contributed by atoms with van der Waals surface area (Å²) in [6.45, 7) is 12.2. The monoisotopic (exact) mass is 287 g/mol. The van der Waals surface area contributed by atoms with E-state index in [1.807, 2.05) is 34.6 Å². The number of carbonyl (C=O) groups excluding carboxylic acids is 1. The summed E-state index contributed by atoms with van der Waals surface area (Å²) >= 11 is 0. The van der Waals surface area contributed by atoms with Crippen LogP contribution in [-0.2, 0) is 4.79 Å². The van der Waals surface area contributed by atoms with Gasteiger partial charge in [0.25, 0.3) is 0 Å². The fourth-order valence-electron chi connectivity index (χ4n) is 2.46. The molecule has 0 aromatic heterocycles. The zero-order valence-electron chi connectivity index (χ0n) is 14.0. The molecule has 1 unspecified atom stereocenters. The van der Waals surface area contributed by atoms with Crippen molar-refractivity contribution in [1.29, 1.82) is 0 Å². The number of carboxylic acid groups (broad SMARTS) is 1. The second-order valence-electron chi connectivity index (χ2n) is 4.87. The standard InChI is InChI=1S/C12H21NO3.2C2H6/c1-8(9(2)14)11-5-3-10(4-6-11)7-13-12(15)16;2*1-2/h8,10-11,13H,3-7H2,1-2H3,(H,15,16);2*1-2H3. The quantitative estimate of drug-likeness (QED) is 0.808. The molecule has 0 bridgehead atoms. The van der Waals surface area contributed by atoms with Gasteiger partial charge in [-0.25, -0.2) is 4.79 Å². The lowest BCUT2D eigenvalue weighted by molar-refractivity contribution is -0.122. The molecule has 0 heterocycles. The Bertz CT molecular complexity index is 258. The number of Topliss-reactive ketones (excluding diaryl/α,β-unsaturated/α-hetero) is 1. The van der Waals surface area contributed by atoms with Crippen molar-refractivity contribution in [3.8, 4) is 0 Å². The summed E-state index contributed by atoms with van der Waals surface area (Å²) in [4.78, 5) is 21.6. The van der Waals surface area contributed by atoms with Gasteiger partial charge in [0.2, 0.25) is 0 Å². The van der Waals surface area contributed by atoms with E-state index in [0.717, 1.165) is 25.7 Å². The lowest BCUT2D eigenvalue weighted by Crippen LogP contribution is -2.31. The SMILES string of the molecule is CC.CC.CC(=O)C(C)C1CCC(CNC(=O)O)CC1. The van der Waals surface area contributed by atoms with Crippen molar-refractivity contribution in [2.45, 2.75) is 67.2 Å². The predicted molar refractivity (Wildman–Crippen MR) is 84.0 cm³/mol. The number of hydrogen-bond donors (Lipinski definition) is 2. The van der Waals surface area contributed by atoms with Crippen LogP contribution < -0.4 is 5.32 Å². The van der Waals surface area contributed by atoms with Crippen LogP contribution >= 0.6 is 0 Å². The van der Waals surface area contributed by atoms with Crippen LogP contribution in [0.2, 0.25) is 0 Å². The largest absolute Gasteiger partial charge is 0.465 e. The molecule has 4 heteroatoms. The van der Waals surface area contributed by atoms with Crippen molar-refractivity contribution in [2.24, 2.45) is 17.8 Å². The molecular formula is C16H33NO3. The van der Waals surface area contributed by atoms with Gasteiger partial charge in [-0.1, -0.05) is 34.6 Å². The second kappa shape index (κ2) is 12.9.